The maximum absolute atomic E-state index is 12.2. The van der Waals surface area contributed by atoms with E-state index in [0.29, 0.717) is 18.5 Å². The number of carbonyl (C=O) groups is 2. The van der Waals surface area contributed by atoms with Crippen LogP contribution < -0.4 is 4.74 Å². The Balaban J connectivity index is 1.84. The SMILES string of the molecule is CCN(C(=O)COC(=O)/C=C/c1ccc(OC(F)(F)F)cc1)[C@H]1CCS(=O)(=O)C1. The monoisotopic (exact) mass is 435 g/mol. The summed E-state index contributed by atoms with van der Waals surface area (Å²) < 4.78 is 68.1. The molecule has 1 aromatic carbocycles. The maximum Gasteiger partial charge on any atom is 0.573 e. The van der Waals surface area contributed by atoms with Gasteiger partial charge in [-0.25, -0.2) is 13.2 Å². The Kier molecular flexibility index (Phi) is 7.28. The zero-order chi connectivity index (χ0) is 21.7. The van der Waals surface area contributed by atoms with E-state index < -0.39 is 46.5 Å². The minimum atomic E-state index is -4.79. The van der Waals surface area contributed by atoms with Crippen LogP contribution in [0.15, 0.2) is 30.3 Å². The van der Waals surface area contributed by atoms with Crippen molar-refractivity contribution in [3.63, 3.8) is 0 Å². The molecular formula is C18H20F3NO6S. The van der Waals surface area contributed by atoms with Gasteiger partial charge in [-0.15, -0.1) is 13.2 Å². The number of halogens is 3. The summed E-state index contributed by atoms with van der Waals surface area (Å²) in [4.78, 5) is 25.4. The van der Waals surface area contributed by atoms with Crippen LogP contribution in [0.3, 0.4) is 0 Å². The van der Waals surface area contributed by atoms with Crippen molar-refractivity contribution in [3.8, 4) is 5.75 Å². The molecule has 0 bridgehead atoms. The highest BCUT2D eigenvalue weighted by molar-refractivity contribution is 7.91. The molecule has 0 spiro atoms. The molecule has 0 radical (unpaired) electrons. The van der Waals surface area contributed by atoms with Crippen LogP contribution >= 0.6 is 0 Å². The summed E-state index contributed by atoms with van der Waals surface area (Å²) in [5.74, 6) is -1.78. The van der Waals surface area contributed by atoms with Crippen molar-refractivity contribution in [2.75, 3.05) is 24.7 Å². The van der Waals surface area contributed by atoms with Gasteiger partial charge in [0.25, 0.3) is 5.91 Å². The number of carbonyl (C=O) groups excluding carboxylic acids is 2. The Morgan fingerprint density at radius 1 is 1.24 bits per heavy atom. The standard InChI is InChI=1S/C18H20F3NO6S/c1-2-22(14-9-10-29(25,26)12-14)16(23)11-27-17(24)8-5-13-3-6-15(7-4-13)28-18(19,20)21/h3-8,14H,2,9-12H2,1H3/b8-5+/t14-/m0/s1. The van der Waals surface area contributed by atoms with Gasteiger partial charge in [0.05, 0.1) is 11.5 Å². The van der Waals surface area contributed by atoms with E-state index in [4.69, 9.17) is 4.74 Å². The van der Waals surface area contributed by atoms with E-state index in [1.807, 2.05) is 0 Å². The van der Waals surface area contributed by atoms with E-state index in [1.54, 1.807) is 6.92 Å². The Hall–Kier alpha value is -2.56. The fraction of sp³-hybridized carbons (Fsp3) is 0.444. The molecule has 1 heterocycles. The first-order chi connectivity index (χ1) is 13.5. The summed E-state index contributed by atoms with van der Waals surface area (Å²) in [5.41, 5.74) is 0.425. The van der Waals surface area contributed by atoms with Crippen molar-refractivity contribution in [2.24, 2.45) is 0 Å². The molecule has 160 valence electrons. The van der Waals surface area contributed by atoms with Crippen LogP contribution in [0.5, 0.6) is 5.75 Å². The van der Waals surface area contributed by atoms with Gasteiger partial charge in [0.2, 0.25) is 0 Å². The molecule has 0 saturated carbocycles. The molecule has 1 aliphatic rings. The summed E-state index contributed by atoms with van der Waals surface area (Å²) in [5, 5.41) is 0. The van der Waals surface area contributed by atoms with Crippen molar-refractivity contribution in [3.05, 3.63) is 35.9 Å². The van der Waals surface area contributed by atoms with Crippen molar-refractivity contribution in [2.45, 2.75) is 25.7 Å². The summed E-state index contributed by atoms with van der Waals surface area (Å²) >= 11 is 0. The molecule has 0 N–H and O–H groups in total. The fourth-order valence-electron chi connectivity index (χ4n) is 2.87. The van der Waals surface area contributed by atoms with E-state index in [2.05, 4.69) is 4.74 Å². The Bertz CT molecular complexity index is 865. The number of esters is 1. The zero-order valence-corrected chi connectivity index (χ0v) is 16.3. The average molecular weight is 435 g/mol. The average Bonchev–Trinajstić information content (AvgIpc) is 2.98. The van der Waals surface area contributed by atoms with Crippen LogP contribution in [0.4, 0.5) is 13.2 Å². The second kappa shape index (κ2) is 9.29. The minimum absolute atomic E-state index is 0.0246. The molecule has 1 aliphatic heterocycles. The molecular weight excluding hydrogens is 415 g/mol. The Morgan fingerprint density at radius 3 is 2.41 bits per heavy atom. The third kappa shape index (κ3) is 7.41. The lowest BCUT2D eigenvalue weighted by atomic mass is 10.2. The van der Waals surface area contributed by atoms with Gasteiger partial charge >= 0.3 is 12.3 Å². The van der Waals surface area contributed by atoms with Crippen molar-refractivity contribution in [1.82, 2.24) is 4.90 Å². The second-order valence-electron chi connectivity index (χ2n) is 6.29. The van der Waals surface area contributed by atoms with Crippen molar-refractivity contribution in [1.29, 1.82) is 0 Å². The predicted octanol–water partition coefficient (Wildman–Crippen LogP) is 2.18. The van der Waals surface area contributed by atoms with Crippen LogP contribution in [0, 0.1) is 0 Å². The molecule has 0 aromatic heterocycles. The Labute approximate surface area is 166 Å². The number of amides is 1. The number of hydrogen-bond donors (Lipinski definition) is 0. The second-order valence-corrected chi connectivity index (χ2v) is 8.52. The van der Waals surface area contributed by atoms with E-state index in [9.17, 15) is 31.2 Å². The third-order valence-electron chi connectivity index (χ3n) is 4.17. The van der Waals surface area contributed by atoms with Gasteiger partial charge in [-0.2, -0.15) is 0 Å². The van der Waals surface area contributed by atoms with E-state index in [0.717, 1.165) is 18.2 Å². The number of rotatable bonds is 7. The number of alkyl halides is 3. The summed E-state index contributed by atoms with van der Waals surface area (Å²) in [6.07, 6.45) is -2.10. The smallest absolute Gasteiger partial charge is 0.452 e. The van der Waals surface area contributed by atoms with Crippen LogP contribution in [0.2, 0.25) is 0 Å². The van der Waals surface area contributed by atoms with E-state index >= 15 is 0 Å². The van der Waals surface area contributed by atoms with Gasteiger partial charge in [0.15, 0.2) is 16.4 Å². The van der Waals surface area contributed by atoms with Crippen LogP contribution in [-0.2, 0) is 24.2 Å². The molecule has 0 aliphatic carbocycles. The van der Waals surface area contributed by atoms with Crippen LogP contribution in [-0.4, -0.2) is 62.3 Å². The number of nitrogens with zero attached hydrogens (tertiary/aromatic N) is 1. The van der Waals surface area contributed by atoms with Crippen LogP contribution in [0.1, 0.15) is 18.9 Å². The lowest BCUT2D eigenvalue weighted by Crippen LogP contribution is -2.43. The highest BCUT2D eigenvalue weighted by Gasteiger charge is 2.34. The van der Waals surface area contributed by atoms with Gasteiger partial charge in [-0.05, 0) is 37.1 Å². The van der Waals surface area contributed by atoms with E-state index in [1.165, 1.54) is 23.1 Å². The minimum Gasteiger partial charge on any atom is -0.452 e. The molecule has 1 amide bonds. The molecule has 1 saturated heterocycles. The lowest BCUT2D eigenvalue weighted by molar-refractivity contribution is -0.274. The van der Waals surface area contributed by atoms with Crippen molar-refractivity contribution < 1.29 is 40.7 Å². The molecule has 1 fully saturated rings. The number of likely N-dealkylation sites (N-methyl/N-ethyl adjacent to an activating group) is 1. The molecule has 2 rings (SSSR count). The van der Waals surface area contributed by atoms with Gasteiger partial charge < -0.3 is 14.4 Å². The highest BCUT2D eigenvalue weighted by Crippen LogP contribution is 2.23. The summed E-state index contributed by atoms with van der Waals surface area (Å²) in [7, 11) is -3.15. The highest BCUT2D eigenvalue weighted by atomic mass is 32.2. The molecule has 1 atom stereocenters. The van der Waals surface area contributed by atoms with Gasteiger partial charge in [-0.1, -0.05) is 12.1 Å². The maximum atomic E-state index is 12.2. The number of ether oxygens (including phenoxy) is 2. The van der Waals surface area contributed by atoms with Crippen LogP contribution in [0.25, 0.3) is 6.08 Å². The third-order valence-corrected chi connectivity index (χ3v) is 5.92. The fourth-order valence-corrected chi connectivity index (χ4v) is 4.60. The quantitative estimate of drug-likeness (QED) is 0.482. The first-order valence-electron chi connectivity index (χ1n) is 8.69. The Morgan fingerprint density at radius 2 is 1.90 bits per heavy atom. The number of benzene rings is 1. The molecule has 0 unspecified atom stereocenters. The number of sulfone groups is 1. The topological polar surface area (TPSA) is 90.0 Å². The van der Waals surface area contributed by atoms with E-state index in [-0.39, 0.29) is 11.5 Å². The molecule has 29 heavy (non-hydrogen) atoms. The molecule has 7 nitrogen and oxygen atoms in total. The number of hydrogen-bond acceptors (Lipinski definition) is 6. The predicted molar refractivity (Wildman–Crippen MR) is 97.6 cm³/mol. The molecule has 1 aromatic rings. The first kappa shape index (κ1) is 22.7. The lowest BCUT2D eigenvalue weighted by Gasteiger charge is -2.26. The zero-order valence-electron chi connectivity index (χ0n) is 15.5. The summed E-state index contributed by atoms with van der Waals surface area (Å²) in [6, 6.07) is 4.39. The van der Waals surface area contributed by atoms with Crippen molar-refractivity contribution >= 4 is 27.8 Å². The van der Waals surface area contributed by atoms with Gasteiger partial charge in [-0.3, -0.25) is 4.79 Å². The first-order valence-corrected chi connectivity index (χ1v) is 10.5. The van der Waals surface area contributed by atoms with Gasteiger partial charge in [0.1, 0.15) is 5.75 Å². The summed E-state index contributed by atoms with van der Waals surface area (Å²) in [6.45, 7) is 1.46. The largest absolute Gasteiger partial charge is 0.573 e. The molecule has 11 heteroatoms. The van der Waals surface area contributed by atoms with Gasteiger partial charge in [0, 0.05) is 18.7 Å². The normalized spacial score (nSPS) is 18.6.